The van der Waals surface area contributed by atoms with Crippen LogP contribution in [0.25, 0.3) is 0 Å². The zero-order valence-electron chi connectivity index (χ0n) is 24.2. The zero-order valence-corrected chi connectivity index (χ0v) is 24.2. The number of Topliss-reactive ketones (excluding diaryl/α,β-unsaturated/α-hetero) is 1. The molecule has 9 heteroatoms. The number of carboxylic acid groups (broad SMARTS) is 1. The summed E-state index contributed by atoms with van der Waals surface area (Å²) in [6.45, 7) is 8.13. The molecule has 1 aromatic heterocycles. The van der Waals surface area contributed by atoms with E-state index in [-0.39, 0.29) is 24.0 Å². The van der Waals surface area contributed by atoms with E-state index in [4.69, 9.17) is 19.5 Å². The molecule has 0 bridgehead atoms. The third kappa shape index (κ3) is 6.17. The van der Waals surface area contributed by atoms with Crippen LogP contribution >= 0.6 is 0 Å². The molecule has 220 valence electrons. The molecule has 9 nitrogen and oxygen atoms in total. The molecule has 1 aromatic carbocycles. The van der Waals surface area contributed by atoms with Crippen molar-refractivity contribution in [3.63, 3.8) is 0 Å². The molecule has 0 saturated carbocycles. The van der Waals surface area contributed by atoms with Crippen LogP contribution in [0.4, 0.5) is 0 Å². The second-order valence-electron chi connectivity index (χ2n) is 11.7. The molecule has 4 aliphatic rings. The van der Waals surface area contributed by atoms with Gasteiger partial charge in [-0.1, -0.05) is 24.3 Å². The van der Waals surface area contributed by atoms with Gasteiger partial charge < -0.3 is 19.5 Å². The number of aliphatic carboxylic acids is 1. The lowest BCUT2D eigenvalue weighted by molar-refractivity contribution is -0.132. The Labute approximate surface area is 246 Å². The molecule has 2 saturated heterocycles. The number of fused-ring (bicyclic) bond motifs is 1. The summed E-state index contributed by atoms with van der Waals surface area (Å²) in [5.41, 5.74) is 4.17. The van der Waals surface area contributed by atoms with Gasteiger partial charge in [-0.05, 0) is 81.6 Å². The molecule has 2 fully saturated rings. The Kier molecular flexibility index (Phi) is 8.22. The molecule has 2 aromatic rings. The number of pyridine rings is 1. The van der Waals surface area contributed by atoms with Crippen molar-refractivity contribution >= 4 is 17.6 Å². The number of carbonyl (C=O) groups is 2. The first-order valence-electron chi connectivity index (χ1n) is 14.8. The largest absolute Gasteiger partial charge is 0.478 e. The number of ketones is 1. The van der Waals surface area contributed by atoms with Gasteiger partial charge >= 0.3 is 5.97 Å². The Balaban J connectivity index is 1.05. The molecule has 3 unspecified atom stereocenters. The number of aromatic nitrogens is 1. The van der Waals surface area contributed by atoms with Crippen LogP contribution in [-0.4, -0.2) is 88.5 Å². The van der Waals surface area contributed by atoms with E-state index in [0.717, 1.165) is 74.7 Å². The first kappa shape index (κ1) is 28.3. The Morgan fingerprint density at radius 2 is 1.95 bits per heavy atom. The Bertz CT molecular complexity index is 1440. The summed E-state index contributed by atoms with van der Waals surface area (Å²) in [6.07, 6.45) is 8.64. The van der Waals surface area contributed by atoms with E-state index < -0.39 is 5.97 Å². The van der Waals surface area contributed by atoms with E-state index in [9.17, 15) is 14.7 Å². The van der Waals surface area contributed by atoms with Crippen molar-refractivity contribution in [2.75, 3.05) is 32.8 Å². The lowest BCUT2D eigenvalue weighted by Crippen LogP contribution is -2.50. The third-order valence-corrected chi connectivity index (χ3v) is 8.84. The Morgan fingerprint density at radius 3 is 2.64 bits per heavy atom. The SMILES string of the molecule is CC(=O)c1ccc(COc2cccc(C3CCN(CC4=NC5C=CC(C(=O)O)=CC5N4CC4CCO4)CC3)n2)c(C)c1. The number of benzene rings is 1. The number of likely N-dealkylation sites (tertiary alicyclic amines) is 1. The molecule has 1 aliphatic carbocycles. The van der Waals surface area contributed by atoms with Gasteiger partial charge in [0.2, 0.25) is 5.88 Å². The fourth-order valence-corrected chi connectivity index (χ4v) is 6.17. The van der Waals surface area contributed by atoms with Crippen molar-refractivity contribution in [1.82, 2.24) is 14.8 Å². The summed E-state index contributed by atoms with van der Waals surface area (Å²) in [5, 5.41) is 9.53. The van der Waals surface area contributed by atoms with Crippen molar-refractivity contribution in [3.05, 3.63) is 82.6 Å². The number of ether oxygens (including phenoxy) is 2. The number of aryl methyl sites for hydroxylation is 1. The maximum Gasteiger partial charge on any atom is 0.335 e. The molecular formula is C33H38N4O5. The highest BCUT2D eigenvalue weighted by Gasteiger charge is 2.39. The smallest absolute Gasteiger partial charge is 0.335 e. The number of carbonyl (C=O) groups excluding carboxylic acids is 1. The number of hydrogen-bond acceptors (Lipinski definition) is 8. The van der Waals surface area contributed by atoms with Gasteiger partial charge in [0.15, 0.2) is 5.78 Å². The van der Waals surface area contributed by atoms with E-state index in [1.54, 1.807) is 13.0 Å². The molecule has 0 amide bonds. The highest BCUT2D eigenvalue weighted by atomic mass is 16.5. The van der Waals surface area contributed by atoms with Gasteiger partial charge in [-0.3, -0.25) is 14.7 Å². The van der Waals surface area contributed by atoms with Gasteiger partial charge in [0.1, 0.15) is 12.4 Å². The summed E-state index contributed by atoms with van der Waals surface area (Å²) in [4.78, 5) is 37.9. The first-order valence-corrected chi connectivity index (χ1v) is 14.8. The molecule has 4 heterocycles. The van der Waals surface area contributed by atoms with Crippen LogP contribution in [0.1, 0.15) is 59.3 Å². The van der Waals surface area contributed by atoms with E-state index in [2.05, 4.69) is 15.9 Å². The second-order valence-corrected chi connectivity index (χ2v) is 11.7. The number of piperidine rings is 1. The molecule has 0 spiro atoms. The lowest BCUT2D eigenvalue weighted by atomic mass is 9.93. The van der Waals surface area contributed by atoms with Crippen molar-refractivity contribution in [1.29, 1.82) is 0 Å². The van der Waals surface area contributed by atoms with Gasteiger partial charge in [-0.2, -0.15) is 0 Å². The monoisotopic (exact) mass is 570 g/mol. The molecule has 42 heavy (non-hydrogen) atoms. The average molecular weight is 571 g/mol. The van der Waals surface area contributed by atoms with Crippen molar-refractivity contribution in [2.24, 2.45) is 4.99 Å². The fourth-order valence-electron chi connectivity index (χ4n) is 6.17. The highest BCUT2D eigenvalue weighted by Crippen LogP contribution is 2.31. The summed E-state index contributed by atoms with van der Waals surface area (Å²) in [7, 11) is 0. The predicted octanol–water partition coefficient (Wildman–Crippen LogP) is 4.17. The van der Waals surface area contributed by atoms with Crippen LogP contribution in [0, 0.1) is 6.92 Å². The van der Waals surface area contributed by atoms with Crippen LogP contribution in [0.15, 0.2) is 65.2 Å². The van der Waals surface area contributed by atoms with E-state index in [1.165, 1.54) is 0 Å². The van der Waals surface area contributed by atoms with Gasteiger partial charge in [-0.15, -0.1) is 0 Å². The Hall–Kier alpha value is -3.82. The van der Waals surface area contributed by atoms with Crippen molar-refractivity contribution in [2.45, 2.75) is 63.8 Å². The van der Waals surface area contributed by atoms with Crippen LogP contribution in [-0.2, 0) is 16.1 Å². The van der Waals surface area contributed by atoms with E-state index in [0.29, 0.717) is 29.5 Å². The molecule has 3 aliphatic heterocycles. The van der Waals surface area contributed by atoms with Gasteiger partial charge in [0.25, 0.3) is 0 Å². The summed E-state index contributed by atoms with van der Waals surface area (Å²) in [5.74, 6) is 1.15. The third-order valence-electron chi connectivity index (χ3n) is 8.84. The number of aliphatic imine (C=N–C) groups is 1. The zero-order chi connectivity index (χ0) is 29.2. The minimum Gasteiger partial charge on any atom is -0.478 e. The maximum absolute atomic E-state index is 11.7. The number of hydrogen-bond donors (Lipinski definition) is 1. The van der Waals surface area contributed by atoms with Crippen molar-refractivity contribution in [3.8, 4) is 5.88 Å². The topological polar surface area (TPSA) is 105 Å². The second kappa shape index (κ2) is 12.2. The number of amidine groups is 1. The van der Waals surface area contributed by atoms with Crippen LogP contribution in [0.5, 0.6) is 5.88 Å². The van der Waals surface area contributed by atoms with Gasteiger partial charge in [-0.25, -0.2) is 9.78 Å². The standard InChI is InChI=1S/C33H38N4O5/c1-21-16-24(22(2)38)6-7-26(21)20-42-32-5-3-4-28(35-32)23-10-13-36(14-11-23)19-31-34-29-9-8-25(33(39)40)17-30(29)37(31)18-27-12-15-41-27/h3-9,16-17,23,27,29-30H,10-15,18-20H2,1-2H3,(H,39,40). The average Bonchev–Trinajstić information content (AvgIpc) is 3.30. The Morgan fingerprint density at radius 1 is 1.14 bits per heavy atom. The van der Waals surface area contributed by atoms with Crippen LogP contribution in [0.2, 0.25) is 0 Å². The maximum atomic E-state index is 11.7. The molecule has 3 atom stereocenters. The van der Waals surface area contributed by atoms with Gasteiger partial charge in [0.05, 0.1) is 30.3 Å². The number of rotatable bonds is 10. The molecule has 6 rings (SSSR count). The quantitative estimate of drug-likeness (QED) is 0.425. The highest BCUT2D eigenvalue weighted by molar-refractivity contribution is 5.94. The van der Waals surface area contributed by atoms with E-state index in [1.807, 2.05) is 49.4 Å². The first-order chi connectivity index (χ1) is 20.3. The van der Waals surface area contributed by atoms with Gasteiger partial charge in [0, 0.05) is 36.4 Å². The number of nitrogens with zero attached hydrogens (tertiary/aromatic N) is 4. The van der Waals surface area contributed by atoms with Crippen LogP contribution in [0.3, 0.4) is 0 Å². The van der Waals surface area contributed by atoms with Crippen LogP contribution < -0.4 is 4.74 Å². The molecule has 0 radical (unpaired) electrons. The summed E-state index contributed by atoms with van der Waals surface area (Å²) >= 11 is 0. The molecular weight excluding hydrogens is 532 g/mol. The predicted molar refractivity (Wildman–Crippen MR) is 159 cm³/mol. The molecule has 1 N–H and O–H groups in total. The summed E-state index contributed by atoms with van der Waals surface area (Å²) < 4.78 is 11.8. The lowest BCUT2D eigenvalue weighted by Gasteiger charge is -2.38. The summed E-state index contributed by atoms with van der Waals surface area (Å²) in [6, 6.07) is 11.6. The number of carboxylic acids is 1. The normalized spacial score (nSPS) is 24.0. The minimum atomic E-state index is -0.901. The minimum absolute atomic E-state index is 0.0523. The van der Waals surface area contributed by atoms with Crippen molar-refractivity contribution < 1.29 is 24.2 Å². The van der Waals surface area contributed by atoms with E-state index >= 15 is 0 Å². The fraction of sp³-hybridized carbons (Fsp3) is 0.455.